The van der Waals surface area contributed by atoms with Gasteiger partial charge in [0.25, 0.3) is 11.5 Å². The van der Waals surface area contributed by atoms with E-state index in [0.29, 0.717) is 0 Å². The Morgan fingerprint density at radius 1 is 1.35 bits per heavy atom. The molecule has 0 spiro atoms. The Morgan fingerprint density at radius 2 is 2.05 bits per heavy atom. The van der Waals surface area contributed by atoms with Crippen LogP contribution in [0.5, 0.6) is 0 Å². The molecule has 0 aliphatic rings. The SMILES string of the molecule is CCCC[C@@H](CC)NC(=O)c1cc(C)c(CC)[nH]c1=O. The molecule has 0 aromatic carbocycles. The van der Waals surface area contributed by atoms with Crippen molar-refractivity contribution in [2.75, 3.05) is 0 Å². The lowest BCUT2D eigenvalue weighted by atomic mass is 10.1. The summed E-state index contributed by atoms with van der Waals surface area (Å²) in [7, 11) is 0. The van der Waals surface area contributed by atoms with Crippen LogP contribution in [0.1, 0.15) is 68.1 Å². The summed E-state index contributed by atoms with van der Waals surface area (Å²) in [5, 5.41) is 2.96. The number of unbranched alkanes of at least 4 members (excludes halogenated alkanes) is 1. The molecule has 1 rings (SSSR count). The summed E-state index contributed by atoms with van der Waals surface area (Å²) in [5.74, 6) is -0.264. The molecule has 0 radical (unpaired) electrons. The number of amides is 1. The second-order valence-corrected chi connectivity index (χ2v) is 5.25. The van der Waals surface area contributed by atoms with Gasteiger partial charge in [-0.2, -0.15) is 0 Å². The fraction of sp³-hybridized carbons (Fsp3) is 0.625. The van der Waals surface area contributed by atoms with Crippen LogP contribution in [0.4, 0.5) is 0 Å². The molecule has 1 heterocycles. The van der Waals surface area contributed by atoms with Gasteiger partial charge in [0.2, 0.25) is 0 Å². The summed E-state index contributed by atoms with van der Waals surface area (Å²) < 4.78 is 0. The fourth-order valence-corrected chi connectivity index (χ4v) is 2.30. The van der Waals surface area contributed by atoms with Gasteiger partial charge in [-0.3, -0.25) is 9.59 Å². The minimum Gasteiger partial charge on any atom is -0.349 e. The van der Waals surface area contributed by atoms with Crippen LogP contribution < -0.4 is 10.9 Å². The molecular formula is C16H26N2O2. The molecule has 1 aromatic heterocycles. The van der Waals surface area contributed by atoms with Gasteiger partial charge in [-0.1, -0.05) is 33.6 Å². The van der Waals surface area contributed by atoms with Crippen molar-refractivity contribution in [3.05, 3.63) is 33.2 Å². The summed E-state index contributed by atoms with van der Waals surface area (Å²) in [6, 6.07) is 1.84. The molecule has 0 unspecified atom stereocenters. The smallest absolute Gasteiger partial charge is 0.261 e. The van der Waals surface area contributed by atoms with Gasteiger partial charge in [-0.15, -0.1) is 0 Å². The predicted molar refractivity (Wildman–Crippen MR) is 82.2 cm³/mol. The number of hydrogen-bond donors (Lipinski definition) is 2. The van der Waals surface area contributed by atoms with Gasteiger partial charge in [0.15, 0.2) is 0 Å². The second-order valence-electron chi connectivity index (χ2n) is 5.25. The predicted octanol–water partition coefficient (Wildman–Crippen LogP) is 2.94. The van der Waals surface area contributed by atoms with Gasteiger partial charge in [-0.25, -0.2) is 0 Å². The van der Waals surface area contributed by atoms with E-state index in [-0.39, 0.29) is 23.1 Å². The highest BCUT2D eigenvalue weighted by molar-refractivity contribution is 5.94. The lowest BCUT2D eigenvalue weighted by Gasteiger charge is -2.16. The molecule has 20 heavy (non-hydrogen) atoms. The third kappa shape index (κ3) is 4.22. The zero-order valence-electron chi connectivity index (χ0n) is 13.0. The number of aromatic amines is 1. The average molecular weight is 278 g/mol. The van der Waals surface area contributed by atoms with Gasteiger partial charge in [-0.05, 0) is 37.8 Å². The van der Waals surface area contributed by atoms with Crippen LogP contribution in [0.25, 0.3) is 0 Å². The summed E-state index contributed by atoms with van der Waals surface area (Å²) in [5.41, 5.74) is 1.77. The molecule has 0 bridgehead atoms. The standard InChI is InChI=1S/C16H26N2O2/c1-5-8-9-12(6-2)17-15(19)13-10-11(4)14(7-3)18-16(13)20/h10,12H,5-9H2,1-4H3,(H,17,19)(H,18,20)/t12-/m1/s1. The largest absolute Gasteiger partial charge is 0.349 e. The van der Waals surface area contributed by atoms with Gasteiger partial charge in [0.05, 0.1) is 0 Å². The summed E-state index contributed by atoms with van der Waals surface area (Å²) in [6.07, 6.45) is 4.80. The van der Waals surface area contributed by atoms with Gasteiger partial charge >= 0.3 is 0 Å². The number of H-pyrrole nitrogens is 1. The number of aryl methyl sites for hydroxylation is 2. The fourth-order valence-electron chi connectivity index (χ4n) is 2.30. The van der Waals surface area contributed by atoms with Crippen LogP contribution in [0.3, 0.4) is 0 Å². The number of nitrogens with one attached hydrogen (secondary N) is 2. The lowest BCUT2D eigenvalue weighted by molar-refractivity contribution is 0.0931. The Balaban J connectivity index is 2.86. The van der Waals surface area contributed by atoms with Crippen molar-refractivity contribution >= 4 is 5.91 Å². The molecule has 1 atom stereocenters. The Labute approximate surface area is 121 Å². The van der Waals surface area contributed by atoms with Crippen molar-refractivity contribution in [1.82, 2.24) is 10.3 Å². The van der Waals surface area contributed by atoms with Crippen molar-refractivity contribution < 1.29 is 4.79 Å². The molecule has 0 saturated carbocycles. The first-order valence-electron chi connectivity index (χ1n) is 7.57. The maximum Gasteiger partial charge on any atom is 0.261 e. The highest BCUT2D eigenvalue weighted by Crippen LogP contribution is 2.08. The number of carbonyl (C=O) groups is 1. The molecular weight excluding hydrogens is 252 g/mol. The number of rotatable bonds is 7. The van der Waals surface area contributed by atoms with Crippen molar-refractivity contribution in [3.8, 4) is 0 Å². The van der Waals surface area contributed by atoms with Crippen molar-refractivity contribution in [1.29, 1.82) is 0 Å². The Hall–Kier alpha value is -1.58. The maximum absolute atomic E-state index is 12.2. The van der Waals surface area contributed by atoms with Crippen LogP contribution in [0, 0.1) is 6.92 Å². The summed E-state index contributed by atoms with van der Waals surface area (Å²) in [6.45, 7) is 8.08. The van der Waals surface area contributed by atoms with Crippen molar-refractivity contribution in [3.63, 3.8) is 0 Å². The first-order valence-corrected chi connectivity index (χ1v) is 7.57. The molecule has 1 aromatic rings. The minimum absolute atomic E-state index is 0.146. The van der Waals surface area contributed by atoms with E-state index < -0.39 is 0 Å². The van der Waals surface area contributed by atoms with Gasteiger partial charge in [0, 0.05) is 11.7 Å². The average Bonchev–Trinajstić information content (AvgIpc) is 2.44. The van der Waals surface area contributed by atoms with E-state index in [4.69, 9.17) is 0 Å². The van der Waals surface area contributed by atoms with E-state index in [1.165, 1.54) is 0 Å². The molecule has 1 amide bonds. The van der Waals surface area contributed by atoms with Crippen LogP contribution in [0.2, 0.25) is 0 Å². The highest BCUT2D eigenvalue weighted by Gasteiger charge is 2.16. The third-order valence-electron chi connectivity index (χ3n) is 3.68. The molecule has 2 N–H and O–H groups in total. The normalized spacial score (nSPS) is 12.2. The lowest BCUT2D eigenvalue weighted by Crippen LogP contribution is -2.37. The van der Waals surface area contributed by atoms with E-state index >= 15 is 0 Å². The maximum atomic E-state index is 12.2. The zero-order chi connectivity index (χ0) is 15.1. The number of aromatic nitrogens is 1. The minimum atomic E-state index is -0.296. The first-order chi connectivity index (χ1) is 9.53. The Bertz CT molecular complexity index is 506. The van der Waals surface area contributed by atoms with Gasteiger partial charge < -0.3 is 10.3 Å². The number of pyridine rings is 1. The van der Waals surface area contributed by atoms with Crippen LogP contribution in [-0.2, 0) is 6.42 Å². The Morgan fingerprint density at radius 3 is 2.60 bits per heavy atom. The monoisotopic (exact) mass is 278 g/mol. The molecule has 4 heteroatoms. The Kier molecular flexibility index (Phi) is 6.49. The third-order valence-corrected chi connectivity index (χ3v) is 3.68. The van der Waals surface area contributed by atoms with Crippen LogP contribution >= 0.6 is 0 Å². The second kappa shape index (κ2) is 7.88. The molecule has 112 valence electrons. The molecule has 0 aliphatic carbocycles. The number of hydrogen-bond acceptors (Lipinski definition) is 2. The van der Waals surface area contributed by atoms with E-state index in [1.807, 2.05) is 13.8 Å². The van der Waals surface area contributed by atoms with Crippen molar-refractivity contribution in [2.24, 2.45) is 0 Å². The van der Waals surface area contributed by atoms with E-state index in [1.54, 1.807) is 6.07 Å². The molecule has 0 aliphatic heterocycles. The van der Waals surface area contributed by atoms with Crippen LogP contribution in [-0.4, -0.2) is 16.9 Å². The molecule has 0 fully saturated rings. The highest BCUT2D eigenvalue weighted by atomic mass is 16.2. The van der Waals surface area contributed by atoms with E-state index in [2.05, 4.69) is 24.1 Å². The van der Waals surface area contributed by atoms with Crippen LogP contribution in [0.15, 0.2) is 10.9 Å². The molecule has 4 nitrogen and oxygen atoms in total. The molecule has 0 saturated heterocycles. The summed E-state index contributed by atoms with van der Waals surface area (Å²) >= 11 is 0. The quantitative estimate of drug-likeness (QED) is 0.805. The van der Waals surface area contributed by atoms with Crippen molar-refractivity contribution in [2.45, 2.75) is 65.8 Å². The first kappa shape index (κ1) is 16.5. The van der Waals surface area contributed by atoms with Gasteiger partial charge in [0.1, 0.15) is 5.56 Å². The topological polar surface area (TPSA) is 62.0 Å². The summed E-state index contributed by atoms with van der Waals surface area (Å²) in [4.78, 5) is 27.0. The van der Waals surface area contributed by atoms with E-state index in [9.17, 15) is 9.59 Å². The zero-order valence-corrected chi connectivity index (χ0v) is 13.0. The number of carbonyl (C=O) groups excluding carboxylic acids is 1. The van der Waals surface area contributed by atoms with E-state index in [0.717, 1.165) is 43.4 Å².